The molecule has 2 unspecified atom stereocenters. The molecule has 1 saturated heterocycles. The fourth-order valence-electron chi connectivity index (χ4n) is 2.65. The minimum absolute atomic E-state index is 0.0255. The van der Waals surface area contributed by atoms with Crippen LogP contribution < -0.4 is 5.32 Å². The largest absolute Gasteiger partial charge is 0.464 e. The average molecular weight is 295 g/mol. The Hall–Kier alpha value is -1.62. The van der Waals surface area contributed by atoms with Crippen molar-refractivity contribution in [3.8, 4) is 0 Å². The molecule has 5 heteroatoms. The van der Waals surface area contributed by atoms with Crippen molar-refractivity contribution in [2.24, 2.45) is 0 Å². The van der Waals surface area contributed by atoms with E-state index >= 15 is 0 Å². The summed E-state index contributed by atoms with van der Waals surface area (Å²) < 4.78 is 24.7. The maximum absolute atomic E-state index is 13.9. The van der Waals surface area contributed by atoms with Crippen molar-refractivity contribution in [1.29, 1.82) is 0 Å². The molecule has 0 bridgehead atoms. The predicted octanol–water partition coefficient (Wildman–Crippen LogP) is 3.13. The molecular formula is C16H22FNO3. The molecule has 1 N–H and O–H groups in total. The zero-order chi connectivity index (χ0) is 15.3. The third-order valence-electron chi connectivity index (χ3n) is 3.83. The van der Waals surface area contributed by atoms with Gasteiger partial charge in [0.15, 0.2) is 0 Å². The van der Waals surface area contributed by atoms with Crippen LogP contribution in [0.1, 0.15) is 33.1 Å². The van der Waals surface area contributed by atoms with E-state index in [0.29, 0.717) is 31.7 Å². The number of halogens is 1. The molecule has 2 rings (SSSR count). The van der Waals surface area contributed by atoms with E-state index in [1.54, 1.807) is 25.1 Å². The van der Waals surface area contributed by atoms with Gasteiger partial charge >= 0.3 is 5.97 Å². The molecule has 1 aromatic carbocycles. The fraction of sp³-hybridized carbons (Fsp3) is 0.562. The molecule has 0 aliphatic carbocycles. The third kappa shape index (κ3) is 3.53. The summed E-state index contributed by atoms with van der Waals surface area (Å²) in [5, 5.41) is 3.08. The van der Waals surface area contributed by atoms with Gasteiger partial charge in [-0.1, -0.05) is 19.1 Å². The van der Waals surface area contributed by atoms with E-state index in [1.165, 1.54) is 6.07 Å². The number of hydrogen-bond donors (Lipinski definition) is 1. The summed E-state index contributed by atoms with van der Waals surface area (Å²) in [6, 6.07) is 6.36. The smallest absolute Gasteiger partial charge is 0.331 e. The molecule has 0 amide bonds. The van der Waals surface area contributed by atoms with Crippen molar-refractivity contribution in [2.75, 3.05) is 18.5 Å². The molecule has 0 radical (unpaired) electrons. The van der Waals surface area contributed by atoms with Crippen LogP contribution in [-0.4, -0.2) is 30.8 Å². The molecule has 116 valence electrons. The molecule has 0 spiro atoms. The SMILES string of the molecule is CCOC(=O)C1(Nc2ccccc2F)CCOC(CC)C1. The first-order chi connectivity index (χ1) is 10.1. The Morgan fingerprint density at radius 1 is 1.48 bits per heavy atom. The molecule has 1 aliphatic rings. The second-order valence-corrected chi connectivity index (χ2v) is 5.26. The average Bonchev–Trinajstić information content (AvgIpc) is 2.50. The molecule has 0 aromatic heterocycles. The normalized spacial score (nSPS) is 25.4. The van der Waals surface area contributed by atoms with Crippen molar-refractivity contribution in [3.05, 3.63) is 30.1 Å². The number of rotatable bonds is 5. The lowest BCUT2D eigenvalue weighted by Gasteiger charge is -2.39. The van der Waals surface area contributed by atoms with Crippen molar-refractivity contribution in [3.63, 3.8) is 0 Å². The van der Waals surface area contributed by atoms with Crippen LogP contribution in [0.2, 0.25) is 0 Å². The van der Waals surface area contributed by atoms with Gasteiger partial charge in [0.1, 0.15) is 11.4 Å². The van der Waals surface area contributed by atoms with E-state index in [9.17, 15) is 9.18 Å². The summed E-state index contributed by atoms with van der Waals surface area (Å²) >= 11 is 0. The number of hydrogen-bond acceptors (Lipinski definition) is 4. The third-order valence-corrected chi connectivity index (χ3v) is 3.83. The van der Waals surface area contributed by atoms with E-state index < -0.39 is 5.54 Å². The second-order valence-electron chi connectivity index (χ2n) is 5.26. The first-order valence-electron chi connectivity index (χ1n) is 7.43. The summed E-state index contributed by atoms with van der Waals surface area (Å²) in [6.45, 7) is 4.54. The molecular weight excluding hydrogens is 273 g/mol. The number of esters is 1. The topological polar surface area (TPSA) is 47.6 Å². The Kier molecular flexibility index (Phi) is 5.17. The van der Waals surface area contributed by atoms with Gasteiger partial charge in [-0.15, -0.1) is 0 Å². The lowest BCUT2D eigenvalue weighted by atomic mass is 9.85. The van der Waals surface area contributed by atoms with Crippen LogP contribution in [-0.2, 0) is 14.3 Å². The maximum Gasteiger partial charge on any atom is 0.331 e. The molecule has 4 nitrogen and oxygen atoms in total. The lowest BCUT2D eigenvalue weighted by molar-refractivity contribution is -0.154. The van der Waals surface area contributed by atoms with Crippen LogP contribution in [0, 0.1) is 5.82 Å². The van der Waals surface area contributed by atoms with Crippen molar-refractivity contribution in [1.82, 2.24) is 0 Å². The quantitative estimate of drug-likeness (QED) is 0.848. The van der Waals surface area contributed by atoms with Gasteiger partial charge in [-0.3, -0.25) is 0 Å². The van der Waals surface area contributed by atoms with Gasteiger partial charge in [0.25, 0.3) is 0 Å². The van der Waals surface area contributed by atoms with Crippen LogP contribution in [0.15, 0.2) is 24.3 Å². The lowest BCUT2D eigenvalue weighted by Crippen LogP contribution is -2.53. The summed E-state index contributed by atoms with van der Waals surface area (Å²) in [6.07, 6.45) is 1.73. The highest BCUT2D eigenvalue weighted by Crippen LogP contribution is 2.32. The van der Waals surface area contributed by atoms with E-state index in [0.717, 1.165) is 6.42 Å². The Bertz CT molecular complexity index is 494. The van der Waals surface area contributed by atoms with Crippen LogP contribution in [0.5, 0.6) is 0 Å². The van der Waals surface area contributed by atoms with Crippen LogP contribution in [0.25, 0.3) is 0 Å². The summed E-state index contributed by atoms with van der Waals surface area (Å²) in [5.41, 5.74) is -0.598. The Morgan fingerprint density at radius 2 is 2.24 bits per heavy atom. The van der Waals surface area contributed by atoms with Crippen molar-refractivity contribution >= 4 is 11.7 Å². The summed E-state index contributed by atoms with van der Waals surface area (Å²) in [7, 11) is 0. The standard InChI is InChI=1S/C16H22FNO3/c1-3-12-11-16(9-10-21-12,15(19)20-4-2)18-14-8-6-5-7-13(14)17/h5-8,12,18H,3-4,9-11H2,1-2H3. The predicted molar refractivity (Wildman–Crippen MR) is 78.7 cm³/mol. The number of anilines is 1. The van der Waals surface area contributed by atoms with Gasteiger partial charge in [-0.25, -0.2) is 9.18 Å². The van der Waals surface area contributed by atoms with E-state index in [4.69, 9.17) is 9.47 Å². The van der Waals surface area contributed by atoms with Gasteiger partial charge in [-0.2, -0.15) is 0 Å². The summed E-state index contributed by atoms with van der Waals surface area (Å²) in [5.74, 6) is -0.712. The number of carbonyl (C=O) groups is 1. The van der Waals surface area contributed by atoms with Gasteiger partial charge in [0.05, 0.1) is 18.4 Å². The zero-order valence-corrected chi connectivity index (χ0v) is 12.5. The number of para-hydroxylation sites is 1. The maximum atomic E-state index is 13.9. The van der Waals surface area contributed by atoms with Crippen molar-refractivity contribution < 1.29 is 18.7 Å². The first kappa shape index (κ1) is 15.8. The van der Waals surface area contributed by atoms with Crippen LogP contribution in [0.3, 0.4) is 0 Å². The highest BCUT2D eigenvalue weighted by Gasteiger charge is 2.44. The zero-order valence-electron chi connectivity index (χ0n) is 12.5. The highest BCUT2D eigenvalue weighted by molar-refractivity contribution is 5.85. The number of carbonyl (C=O) groups excluding carboxylic acids is 1. The number of nitrogens with one attached hydrogen (secondary N) is 1. The van der Waals surface area contributed by atoms with Crippen LogP contribution >= 0.6 is 0 Å². The number of benzene rings is 1. The van der Waals surface area contributed by atoms with Crippen LogP contribution in [0.4, 0.5) is 10.1 Å². The van der Waals surface area contributed by atoms with E-state index in [1.807, 2.05) is 6.92 Å². The van der Waals surface area contributed by atoms with E-state index in [-0.39, 0.29) is 17.9 Å². The first-order valence-corrected chi connectivity index (χ1v) is 7.43. The highest BCUT2D eigenvalue weighted by atomic mass is 19.1. The Morgan fingerprint density at radius 3 is 2.90 bits per heavy atom. The minimum Gasteiger partial charge on any atom is -0.464 e. The van der Waals surface area contributed by atoms with Gasteiger partial charge < -0.3 is 14.8 Å². The Labute approximate surface area is 124 Å². The summed E-state index contributed by atoms with van der Waals surface area (Å²) in [4.78, 5) is 12.4. The number of ether oxygens (including phenoxy) is 2. The molecule has 2 atom stereocenters. The molecule has 21 heavy (non-hydrogen) atoms. The Balaban J connectivity index is 2.27. The molecule has 1 aliphatic heterocycles. The van der Waals surface area contributed by atoms with Gasteiger partial charge in [-0.05, 0) is 25.5 Å². The monoisotopic (exact) mass is 295 g/mol. The van der Waals surface area contributed by atoms with Gasteiger partial charge in [0, 0.05) is 19.4 Å². The molecule has 0 saturated carbocycles. The van der Waals surface area contributed by atoms with Crippen molar-refractivity contribution in [2.45, 2.75) is 44.8 Å². The fourth-order valence-corrected chi connectivity index (χ4v) is 2.65. The molecule has 1 fully saturated rings. The second kappa shape index (κ2) is 6.89. The van der Waals surface area contributed by atoms with Gasteiger partial charge in [0.2, 0.25) is 0 Å². The molecule has 1 aromatic rings. The van der Waals surface area contributed by atoms with E-state index in [2.05, 4.69) is 5.32 Å². The minimum atomic E-state index is -0.920. The molecule has 1 heterocycles.